The van der Waals surface area contributed by atoms with Crippen LogP contribution in [0.15, 0.2) is 39.3 Å². The summed E-state index contributed by atoms with van der Waals surface area (Å²) in [6.07, 6.45) is 0. The van der Waals surface area contributed by atoms with E-state index in [2.05, 4.69) is 32.8 Å². The van der Waals surface area contributed by atoms with E-state index in [1.165, 1.54) is 6.92 Å². The zero-order valence-corrected chi connectivity index (χ0v) is 14.4. The first-order valence-corrected chi connectivity index (χ1v) is 7.72. The minimum absolute atomic E-state index is 0.0358. The van der Waals surface area contributed by atoms with E-state index in [1.54, 1.807) is 12.1 Å². The lowest BCUT2D eigenvalue weighted by atomic mass is 10.1. The number of nitrogens with zero attached hydrogens (tertiary/aromatic N) is 4. The molecule has 118 valence electrons. The maximum Gasteiger partial charge on any atom is 0.281 e. The summed E-state index contributed by atoms with van der Waals surface area (Å²) in [5, 5.41) is 36.1. The van der Waals surface area contributed by atoms with E-state index in [0.29, 0.717) is 5.69 Å². The van der Waals surface area contributed by atoms with Gasteiger partial charge in [-0.2, -0.15) is 10.4 Å². The Balaban J connectivity index is 2.58. The van der Waals surface area contributed by atoms with Crippen LogP contribution in [0.3, 0.4) is 0 Å². The minimum Gasteiger partial charge on any atom is -0.493 e. The van der Waals surface area contributed by atoms with Crippen molar-refractivity contribution in [1.82, 2.24) is 4.57 Å². The Hall–Kier alpha value is -2.25. The first-order valence-electron chi connectivity index (χ1n) is 6.64. The molecule has 0 spiro atoms. The molecule has 0 unspecified atom stereocenters. The molecular weight excluding hydrogens is 411 g/mol. The Labute approximate surface area is 145 Å². The van der Waals surface area contributed by atoms with E-state index < -0.39 is 11.4 Å². The van der Waals surface area contributed by atoms with Gasteiger partial charge in [0.15, 0.2) is 5.69 Å². The highest BCUT2D eigenvalue weighted by Gasteiger charge is 2.18. The molecule has 0 saturated heterocycles. The van der Waals surface area contributed by atoms with Crippen molar-refractivity contribution in [2.75, 3.05) is 6.61 Å². The van der Waals surface area contributed by atoms with E-state index in [-0.39, 0.29) is 30.0 Å². The minimum atomic E-state index is -0.609. The quantitative estimate of drug-likeness (QED) is 0.581. The summed E-state index contributed by atoms with van der Waals surface area (Å²) in [6.45, 7) is 1.03. The molecule has 1 aromatic carbocycles. The van der Waals surface area contributed by atoms with Crippen molar-refractivity contribution in [2.24, 2.45) is 10.2 Å². The molecule has 1 heterocycles. The number of pyridine rings is 1. The van der Waals surface area contributed by atoms with Crippen LogP contribution in [0.5, 0.6) is 5.88 Å². The van der Waals surface area contributed by atoms with Gasteiger partial charge in [0, 0.05) is 9.13 Å². The molecule has 2 N–H and O–H groups in total. The summed E-state index contributed by atoms with van der Waals surface area (Å²) >= 11 is 2.16. The first-order chi connectivity index (χ1) is 11.0. The van der Waals surface area contributed by atoms with Gasteiger partial charge in [-0.3, -0.25) is 9.36 Å². The van der Waals surface area contributed by atoms with Crippen molar-refractivity contribution in [2.45, 2.75) is 13.5 Å². The molecule has 2 rings (SSSR count). The van der Waals surface area contributed by atoms with Gasteiger partial charge in [0.25, 0.3) is 5.56 Å². The number of hydrogen-bond donors (Lipinski definition) is 2. The summed E-state index contributed by atoms with van der Waals surface area (Å²) in [4.78, 5) is 12.4. The van der Waals surface area contributed by atoms with Crippen LogP contribution >= 0.6 is 22.6 Å². The van der Waals surface area contributed by atoms with E-state index >= 15 is 0 Å². The fourth-order valence-corrected chi connectivity index (χ4v) is 2.34. The van der Waals surface area contributed by atoms with E-state index in [4.69, 9.17) is 10.4 Å². The van der Waals surface area contributed by atoms with E-state index in [9.17, 15) is 9.90 Å². The van der Waals surface area contributed by atoms with Crippen molar-refractivity contribution in [3.05, 3.63) is 49.3 Å². The summed E-state index contributed by atoms with van der Waals surface area (Å²) in [7, 11) is 0. The fourth-order valence-electron chi connectivity index (χ4n) is 1.98. The van der Waals surface area contributed by atoms with Gasteiger partial charge in [-0.25, -0.2) is 0 Å². The van der Waals surface area contributed by atoms with Crippen LogP contribution in [0.25, 0.3) is 0 Å². The second kappa shape index (κ2) is 7.34. The zero-order chi connectivity index (χ0) is 17.0. The molecular formula is C15H13IN4O3. The monoisotopic (exact) mass is 424 g/mol. The molecule has 0 aliphatic heterocycles. The van der Waals surface area contributed by atoms with E-state index in [1.807, 2.05) is 18.2 Å². The lowest BCUT2D eigenvalue weighted by Crippen LogP contribution is -2.23. The molecule has 0 atom stereocenters. The Morgan fingerprint density at radius 3 is 2.52 bits per heavy atom. The third-order valence-corrected chi connectivity index (χ3v) is 3.90. The SMILES string of the molecule is Cc1c(C#N)c(O)n(CCO)c(=O)c1N=Nc1ccc(I)cc1. The molecule has 0 bridgehead atoms. The summed E-state index contributed by atoms with van der Waals surface area (Å²) in [6, 6.07) is 9.04. The highest BCUT2D eigenvalue weighted by Crippen LogP contribution is 2.26. The molecule has 8 heteroatoms. The van der Waals surface area contributed by atoms with Crippen molar-refractivity contribution in [3.8, 4) is 11.9 Å². The predicted molar refractivity (Wildman–Crippen MR) is 92.2 cm³/mol. The molecule has 0 radical (unpaired) electrons. The van der Waals surface area contributed by atoms with Crippen molar-refractivity contribution in [1.29, 1.82) is 5.26 Å². The van der Waals surface area contributed by atoms with Gasteiger partial charge in [-0.05, 0) is 53.8 Å². The molecule has 1 aromatic heterocycles. The van der Waals surface area contributed by atoms with Crippen molar-refractivity contribution in [3.63, 3.8) is 0 Å². The predicted octanol–water partition coefficient (Wildman–Crippen LogP) is 2.75. The van der Waals surface area contributed by atoms with Gasteiger partial charge in [0.1, 0.15) is 11.6 Å². The molecule has 0 aliphatic rings. The van der Waals surface area contributed by atoms with Crippen molar-refractivity contribution < 1.29 is 10.2 Å². The van der Waals surface area contributed by atoms with Crippen LogP contribution in [-0.2, 0) is 6.54 Å². The zero-order valence-electron chi connectivity index (χ0n) is 12.2. The van der Waals surface area contributed by atoms with Crippen LogP contribution in [0, 0.1) is 21.8 Å². The summed E-state index contributed by atoms with van der Waals surface area (Å²) in [5.74, 6) is -0.475. The van der Waals surface area contributed by atoms with Gasteiger partial charge in [0.05, 0.1) is 18.8 Å². The number of nitriles is 1. The van der Waals surface area contributed by atoms with Crippen LogP contribution in [0.2, 0.25) is 0 Å². The molecule has 7 nitrogen and oxygen atoms in total. The fraction of sp³-hybridized carbons (Fsp3) is 0.200. The van der Waals surface area contributed by atoms with Crippen molar-refractivity contribution >= 4 is 34.0 Å². The number of aliphatic hydroxyl groups is 1. The third kappa shape index (κ3) is 3.57. The number of aromatic hydroxyl groups is 1. The highest BCUT2D eigenvalue weighted by molar-refractivity contribution is 14.1. The number of rotatable bonds is 4. The number of hydrogen-bond acceptors (Lipinski definition) is 6. The second-order valence-corrected chi connectivity index (χ2v) is 5.89. The summed E-state index contributed by atoms with van der Waals surface area (Å²) in [5.41, 5.74) is 0.103. The number of azo groups is 1. The largest absolute Gasteiger partial charge is 0.493 e. The number of aliphatic hydroxyl groups excluding tert-OH is 1. The first kappa shape index (κ1) is 17.1. The van der Waals surface area contributed by atoms with Gasteiger partial charge in [0.2, 0.25) is 5.88 Å². The smallest absolute Gasteiger partial charge is 0.281 e. The van der Waals surface area contributed by atoms with Gasteiger partial charge >= 0.3 is 0 Å². The Morgan fingerprint density at radius 1 is 1.30 bits per heavy atom. The average Bonchev–Trinajstić information content (AvgIpc) is 2.53. The molecule has 0 aliphatic carbocycles. The number of benzene rings is 1. The lowest BCUT2D eigenvalue weighted by molar-refractivity contribution is 0.263. The van der Waals surface area contributed by atoms with Crippen LogP contribution in [-0.4, -0.2) is 21.4 Å². The highest BCUT2D eigenvalue weighted by atomic mass is 127. The number of halogens is 1. The normalized spacial score (nSPS) is 10.9. The van der Waals surface area contributed by atoms with Crippen LogP contribution < -0.4 is 5.56 Å². The Bertz CT molecular complexity index is 851. The maximum absolute atomic E-state index is 12.4. The molecule has 0 saturated carbocycles. The molecule has 0 fully saturated rings. The molecule has 2 aromatic rings. The van der Waals surface area contributed by atoms with Crippen LogP contribution in [0.1, 0.15) is 11.1 Å². The van der Waals surface area contributed by atoms with Gasteiger partial charge in [-0.15, -0.1) is 5.11 Å². The molecule has 0 amide bonds. The maximum atomic E-state index is 12.4. The Morgan fingerprint density at radius 2 is 1.96 bits per heavy atom. The number of aromatic nitrogens is 1. The topological polar surface area (TPSA) is 111 Å². The molecule has 23 heavy (non-hydrogen) atoms. The Kier molecular flexibility index (Phi) is 5.46. The van der Waals surface area contributed by atoms with Crippen LogP contribution in [0.4, 0.5) is 11.4 Å². The summed E-state index contributed by atoms with van der Waals surface area (Å²) < 4.78 is 1.95. The standard InChI is InChI=1S/C15H13IN4O3/c1-9-12(8-17)14(22)20(6-7-21)15(23)13(9)19-18-11-4-2-10(16)3-5-11/h2-5,21-22H,6-7H2,1H3. The van der Waals surface area contributed by atoms with E-state index in [0.717, 1.165) is 8.14 Å². The van der Waals surface area contributed by atoms with Gasteiger partial charge in [-0.1, -0.05) is 0 Å². The lowest BCUT2D eigenvalue weighted by Gasteiger charge is -2.11. The third-order valence-electron chi connectivity index (χ3n) is 3.18. The second-order valence-electron chi connectivity index (χ2n) is 4.64. The average molecular weight is 424 g/mol. The van der Waals surface area contributed by atoms with Gasteiger partial charge < -0.3 is 10.2 Å².